The van der Waals surface area contributed by atoms with Crippen molar-refractivity contribution in [3.63, 3.8) is 0 Å². The Kier molecular flexibility index (Phi) is 6.42. The molecule has 4 rings (SSSR count). The summed E-state index contributed by atoms with van der Waals surface area (Å²) < 4.78 is 9.76. The number of halogens is 1. The minimum atomic E-state index is -2.88. The van der Waals surface area contributed by atoms with Crippen LogP contribution in [-0.4, -0.2) is 24.2 Å². The molecule has 2 atom stereocenters. The van der Waals surface area contributed by atoms with Crippen molar-refractivity contribution in [2.45, 2.75) is 38.3 Å². The summed E-state index contributed by atoms with van der Waals surface area (Å²) >= 11 is 2.82. The zero-order chi connectivity index (χ0) is 22.0. The zero-order valence-corrected chi connectivity index (χ0v) is 21.2. The third-order valence-electron chi connectivity index (χ3n) is 6.07. The van der Waals surface area contributed by atoms with Crippen LogP contribution >= 0.6 is 26.3 Å². The van der Waals surface area contributed by atoms with Gasteiger partial charge < -0.3 is 0 Å². The van der Waals surface area contributed by atoms with Crippen LogP contribution in [0.4, 0.5) is 0 Å². The predicted octanol–water partition coefficient (Wildman–Crippen LogP) is 5.96. The second-order valence-electron chi connectivity index (χ2n) is 8.64. The topological polar surface area (TPSA) is 18.5 Å². The van der Waals surface area contributed by atoms with Crippen molar-refractivity contribution in [2.75, 3.05) is 6.16 Å². The third kappa shape index (κ3) is 4.26. The van der Waals surface area contributed by atoms with Crippen LogP contribution in [0.1, 0.15) is 20.3 Å². The Bertz CT molecular complexity index is 921. The molecule has 1 aliphatic heterocycles. The van der Waals surface area contributed by atoms with Crippen LogP contribution in [0.2, 0.25) is 0 Å². The second kappa shape index (κ2) is 8.78. The van der Waals surface area contributed by atoms with E-state index < -0.39 is 10.0 Å². The molecule has 0 radical (unpaired) electrons. The normalized spacial score (nSPS) is 22.2. The fraction of sp³-hybridized carbons (Fsp3) is 0.259. The minimum absolute atomic E-state index is 0.0127. The van der Waals surface area contributed by atoms with Gasteiger partial charge in [0.15, 0.2) is 0 Å². The van der Waals surface area contributed by atoms with E-state index in [9.17, 15) is 0 Å². The van der Waals surface area contributed by atoms with E-state index in [1.54, 1.807) is 0 Å². The van der Waals surface area contributed by atoms with E-state index in [1.807, 2.05) is 19.9 Å². The molecule has 1 fully saturated rings. The molecule has 1 heterocycles. The summed E-state index contributed by atoms with van der Waals surface area (Å²) in [5, 5.41) is 4.11. The van der Waals surface area contributed by atoms with E-state index in [2.05, 4.69) is 120 Å². The summed E-state index contributed by atoms with van der Waals surface area (Å²) in [6.45, 7) is 8.01. The standard InChI is InChI=1S/C27H30IO2P/c1-4-22-20-23(30-27(2,3)29-22)21-31(28,24-14-8-5-9-15-24,25-16-10-6-11-17-25)26-18-12-7-13-19-26/h4-19,22-23H,1,20-21H2,2-3H3/t22-,23-/m0/s1. The van der Waals surface area contributed by atoms with Gasteiger partial charge in [0, 0.05) is 0 Å². The molecule has 2 nitrogen and oxygen atoms in total. The van der Waals surface area contributed by atoms with E-state index in [0.29, 0.717) is 0 Å². The van der Waals surface area contributed by atoms with E-state index in [-0.39, 0.29) is 12.2 Å². The summed E-state index contributed by atoms with van der Waals surface area (Å²) in [6.07, 6.45) is 3.65. The zero-order valence-electron chi connectivity index (χ0n) is 18.2. The Morgan fingerprint density at radius 3 is 1.65 bits per heavy atom. The van der Waals surface area contributed by atoms with Gasteiger partial charge in [-0.05, 0) is 0 Å². The van der Waals surface area contributed by atoms with Crippen LogP contribution in [-0.2, 0) is 9.47 Å². The quantitative estimate of drug-likeness (QED) is 0.217. The Balaban J connectivity index is 1.96. The van der Waals surface area contributed by atoms with Crippen molar-refractivity contribution in [3.05, 3.63) is 104 Å². The first-order valence-corrected chi connectivity index (χ1v) is 15.9. The molecular formula is C27H30IO2P. The van der Waals surface area contributed by atoms with Crippen LogP contribution < -0.4 is 15.9 Å². The fourth-order valence-corrected chi connectivity index (χ4v) is 13.9. The molecule has 1 saturated heterocycles. The first-order chi connectivity index (χ1) is 14.9. The summed E-state index contributed by atoms with van der Waals surface area (Å²) in [6, 6.07) is 33.0. The number of rotatable bonds is 6. The molecule has 0 N–H and O–H groups in total. The average molecular weight is 544 g/mol. The molecular weight excluding hydrogens is 514 g/mol. The molecule has 0 aliphatic carbocycles. The number of ether oxygens (including phenoxy) is 2. The third-order valence-corrected chi connectivity index (χ3v) is 17.5. The molecule has 0 aromatic heterocycles. The molecule has 0 unspecified atom stereocenters. The van der Waals surface area contributed by atoms with Gasteiger partial charge in [0.2, 0.25) is 0 Å². The maximum atomic E-state index is 6.55. The molecule has 31 heavy (non-hydrogen) atoms. The molecule has 162 valence electrons. The van der Waals surface area contributed by atoms with Gasteiger partial charge in [0.05, 0.1) is 0 Å². The molecule has 0 bridgehead atoms. The van der Waals surface area contributed by atoms with Crippen molar-refractivity contribution >= 4 is 42.2 Å². The Morgan fingerprint density at radius 1 is 0.839 bits per heavy atom. The van der Waals surface area contributed by atoms with Gasteiger partial charge in [0.25, 0.3) is 0 Å². The first kappa shape index (κ1) is 22.7. The molecule has 0 amide bonds. The van der Waals surface area contributed by atoms with Gasteiger partial charge >= 0.3 is 200 Å². The number of hydrogen-bond donors (Lipinski definition) is 0. The van der Waals surface area contributed by atoms with Crippen molar-refractivity contribution in [3.8, 4) is 0 Å². The van der Waals surface area contributed by atoms with Crippen LogP contribution in [0.3, 0.4) is 0 Å². The summed E-state index contributed by atoms with van der Waals surface area (Å²) in [5.41, 5.74) is 0. The van der Waals surface area contributed by atoms with E-state index in [4.69, 9.17) is 9.47 Å². The summed E-state index contributed by atoms with van der Waals surface area (Å²) in [7, 11) is 0. The van der Waals surface area contributed by atoms with Gasteiger partial charge in [-0.3, -0.25) is 0 Å². The van der Waals surface area contributed by atoms with Gasteiger partial charge in [-0.2, -0.15) is 0 Å². The predicted molar refractivity (Wildman–Crippen MR) is 143 cm³/mol. The van der Waals surface area contributed by atoms with Crippen molar-refractivity contribution < 1.29 is 9.47 Å². The van der Waals surface area contributed by atoms with E-state index >= 15 is 0 Å². The monoisotopic (exact) mass is 544 g/mol. The van der Waals surface area contributed by atoms with Crippen molar-refractivity contribution in [1.82, 2.24) is 0 Å². The fourth-order valence-electron chi connectivity index (χ4n) is 4.77. The first-order valence-electron chi connectivity index (χ1n) is 10.7. The average Bonchev–Trinajstić information content (AvgIpc) is 2.80. The Morgan fingerprint density at radius 2 is 1.26 bits per heavy atom. The second-order valence-corrected chi connectivity index (χ2v) is 19.3. The van der Waals surface area contributed by atoms with Gasteiger partial charge in [-0.25, -0.2) is 0 Å². The molecule has 1 aliphatic rings. The van der Waals surface area contributed by atoms with Crippen LogP contribution in [0, 0.1) is 0 Å². The molecule has 3 aromatic rings. The number of hydrogen-bond acceptors (Lipinski definition) is 2. The molecule has 0 saturated carbocycles. The summed E-state index contributed by atoms with van der Waals surface area (Å²) in [4.78, 5) is 0. The van der Waals surface area contributed by atoms with E-state index in [1.165, 1.54) is 15.9 Å². The van der Waals surface area contributed by atoms with E-state index in [0.717, 1.165) is 12.6 Å². The van der Waals surface area contributed by atoms with Crippen LogP contribution in [0.25, 0.3) is 0 Å². The molecule has 0 spiro atoms. The molecule has 3 aromatic carbocycles. The van der Waals surface area contributed by atoms with Crippen molar-refractivity contribution in [1.29, 1.82) is 0 Å². The number of benzene rings is 3. The van der Waals surface area contributed by atoms with Crippen molar-refractivity contribution in [2.24, 2.45) is 0 Å². The maximum absolute atomic E-state index is 6.55. The van der Waals surface area contributed by atoms with Crippen LogP contribution in [0.15, 0.2) is 104 Å². The summed E-state index contributed by atoms with van der Waals surface area (Å²) in [5.74, 6) is -0.641. The van der Waals surface area contributed by atoms with Crippen LogP contribution in [0.5, 0.6) is 0 Å². The Hall–Kier alpha value is -1.52. The molecule has 4 heteroatoms. The van der Waals surface area contributed by atoms with Gasteiger partial charge in [-0.15, -0.1) is 0 Å². The van der Waals surface area contributed by atoms with Gasteiger partial charge in [-0.1, -0.05) is 0 Å². The Labute approximate surface area is 199 Å². The van der Waals surface area contributed by atoms with Gasteiger partial charge in [0.1, 0.15) is 0 Å². The SMILES string of the molecule is C=C[C@H]1C[C@@H](CP(I)(c2ccccc2)(c2ccccc2)c2ccccc2)OC(C)(C)O1.